The lowest BCUT2D eigenvalue weighted by atomic mass is 9.94. The van der Waals surface area contributed by atoms with Crippen LogP contribution in [0.3, 0.4) is 0 Å². The summed E-state index contributed by atoms with van der Waals surface area (Å²) in [5, 5.41) is 16.1. The van der Waals surface area contributed by atoms with E-state index in [0.29, 0.717) is 22.3 Å². The first-order valence-electron chi connectivity index (χ1n) is 9.55. The molecule has 29 heavy (non-hydrogen) atoms. The van der Waals surface area contributed by atoms with Crippen molar-refractivity contribution in [2.75, 3.05) is 13.6 Å². The van der Waals surface area contributed by atoms with Crippen LogP contribution in [0.5, 0.6) is 0 Å². The highest BCUT2D eigenvalue weighted by molar-refractivity contribution is 7.99. The van der Waals surface area contributed by atoms with Crippen LogP contribution < -0.4 is 5.32 Å². The molecule has 5 heteroatoms. The highest BCUT2D eigenvalue weighted by Crippen LogP contribution is 2.43. The number of benzene rings is 3. The zero-order valence-electron chi connectivity index (χ0n) is 16.5. The van der Waals surface area contributed by atoms with Crippen LogP contribution in [0, 0.1) is 5.92 Å². The van der Waals surface area contributed by atoms with Crippen molar-refractivity contribution in [3.05, 3.63) is 94.0 Å². The smallest absolute Gasteiger partial charge is 0.140 e. The Morgan fingerprint density at radius 2 is 1.62 bits per heavy atom. The summed E-state index contributed by atoms with van der Waals surface area (Å²) in [5.41, 5.74) is 4.13. The summed E-state index contributed by atoms with van der Waals surface area (Å²) >= 11 is 13.8. The van der Waals surface area contributed by atoms with Crippen LogP contribution in [0.4, 0.5) is 0 Å². The van der Waals surface area contributed by atoms with E-state index >= 15 is 0 Å². The molecule has 0 saturated heterocycles. The number of thioether (sulfide) groups is 1. The zero-order valence-corrected chi connectivity index (χ0v) is 18.9. The highest BCUT2D eigenvalue weighted by Gasteiger charge is 2.36. The zero-order chi connectivity index (χ0) is 20.9. The van der Waals surface area contributed by atoms with Crippen molar-refractivity contribution in [1.82, 2.24) is 5.32 Å². The summed E-state index contributed by atoms with van der Waals surface area (Å²) in [4.78, 5) is -1.05. The van der Waals surface area contributed by atoms with Gasteiger partial charge in [-0.2, -0.15) is 0 Å². The molecular weight excluding hydrogens is 421 g/mol. The van der Waals surface area contributed by atoms with Gasteiger partial charge in [0, 0.05) is 28.3 Å². The van der Waals surface area contributed by atoms with Crippen molar-refractivity contribution in [3.8, 4) is 11.1 Å². The van der Waals surface area contributed by atoms with Crippen LogP contribution in [-0.4, -0.2) is 18.7 Å². The number of hydrogen-bond acceptors (Lipinski definition) is 3. The van der Waals surface area contributed by atoms with E-state index in [2.05, 4.69) is 36.5 Å². The van der Waals surface area contributed by atoms with Crippen molar-refractivity contribution < 1.29 is 5.11 Å². The van der Waals surface area contributed by atoms with Crippen molar-refractivity contribution in [3.63, 3.8) is 0 Å². The van der Waals surface area contributed by atoms with Gasteiger partial charge in [-0.3, -0.25) is 0 Å². The molecule has 0 radical (unpaired) electrons. The molecule has 0 aromatic heterocycles. The van der Waals surface area contributed by atoms with Crippen LogP contribution in [0.2, 0.25) is 10.0 Å². The Hall–Kier alpha value is -1.49. The molecule has 0 spiro atoms. The van der Waals surface area contributed by atoms with Crippen molar-refractivity contribution in [2.45, 2.75) is 17.6 Å². The van der Waals surface area contributed by atoms with Gasteiger partial charge in [-0.05, 0) is 41.4 Å². The van der Waals surface area contributed by atoms with Crippen LogP contribution in [-0.2, 0) is 10.7 Å². The first-order chi connectivity index (χ1) is 13.9. The molecule has 2 unspecified atom stereocenters. The van der Waals surface area contributed by atoms with E-state index in [1.165, 1.54) is 11.8 Å². The summed E-state index contributed by atoms with van der Waals surface area (Å²) in [7, 11) is 1.90. The maximum Gasteiger partial charge on any atom is 0.140 e. The second-order valence-electron chi connectivity index (χ2n) is 7.12. The minimum absolute atomic E-state index is 0.00819. The third kappa shape index (κ3) is 5.36. The van der Waals surface area contributed by atoms with Gasteiger partial charge in [-0.1, -0.05) is 90.8 Å². The minimum Gasteiger partial charge on any atom is -0.375 e. The molecule has 2 nitrogen and oxygen atoms in total. The fourth-order valence-corrected chi connectivity index (χ4v) is 5.17. The molecule has 0 fully saturated rings. The van der Waals surface area contributed by atoms with Gasteiger partial charge in [-0.15, -0.1) is 11.8 Å². The Morgan fingerprint density at radius 1 is 0.966 bits per heavy atom. The van der Waals surface area contributed by atoms with Crippen molar-refractivity contribution >= 4 is 35.0 Å². The van der Waals surface area contributed by atoms with E-state index < -0.39 is 4.93 Å². The average molecular weight is 446 g/mol. The van der Waals surface area contributed by atoms with Crippen LogP contribution >= 0.6 is 35.0 Å². The number of hydrogen-bond donors (Lipinski definition) is 2. The van der Waals surface area contributed by atoms with Crippen molar-refractivity contribution in [2.24, 2.45) is 5.92 Å². The Labute approximate surface area is 187 Å². The SMILES string of the molecule is CNCC(C)C(O)(SCc1ccc(Cl)cc1Cl)c1ccc(-c2ccccc2)cc1. The molecule has 152 valence electrons. The molecule has 3 rings (SSSR count). The van der Waals surface area contributed by atoms with Crippen LogP contribution in [0.15, 0.2) is 72.8 Å². The standard InChI is InChI=1S/C24H25Cl2NOS/c1-17(15-27-2)24(28,29-16-20-10-13-22(25)14-23(20)26)21-11-8-19(9-12-21)18-6-4-3-5-7-18/h3-14,17,27-28H,15-16H2,1-2H3. The van der Waals surface area contributed by atoms with E-state index in [-0.39, 0.29) is 5.92 Å². The van der Waals surface area contributed by atoms with E-state index in [4.69, 9.17) is 23.2 Å². The molecule has 3 aromatic rings. The molecule has 3 aromatic carbocycles. The van der Waals surface area contributed by atoms with Gasteiger partial charge in [0.1, 0.15) is 4.93 Å². The van der Waals surface area contributed by atoms with Crippen LogP contribution in [0.25, 0.3) is 11.1 Å². The van der Waals surface area contributed by atoms with E-state index in [0.717, 1.165) is 22.3 Å². The maximum atomic E-state index is 11.7. The Bertz CT molecular complexity index is 933. The van der Waals surface area contributed by atoms with Gasteiger partial charge in [0.15, 0.2) is 0 Å². The molecule has 2 N–H and O–H groups in total. The summed E-state index contributed by atoms with van der Waals surface area (Å²) in [6.07, 6.45) is 0. The van der Waals surface area contributed by atoms with Gasteiger partial charge in [0.05, 0.1) is 0 Å². The number of rotatable bonds is 8. The van der Waals surface area contributed by atoms with E-state index in [1.54, 1.807) is 6.07 Å². The van der Waals surface area contributed by atoms with Gasteiger partial charge < -0.3 is 10.4 Å². The van der Waals surface area contributed by atoms with Gasteiger partial charge in [0.25, 0.3) is 0 Å². The summed E-state index contributed by atoms with van der Waals surface area (Å²) in [6, 6.07) is 23.9. The lowest BCUT2D eigenvalue weighted by Gasteiger charge is -2.34. The molecule has 0 bridgehead atoms. The molecule has 2 atom stereocenters. The molecule has 0 aliphatic carbocycles. The third-order valence-electron chi connectivity index (χ3n) is 5.05. The number of nitrogens with one attached hydrogen (secondary N) is 1. The Kier molecular flexibility index (Phi) is 7.66. The lowest BCUT2D eigenvalue weighted by Crippen LogP contribution is -2.36. The Balaban J connectivity index is 1.87. The van der Waals surface area contributed by atoms with Gasteiger partial charge in [0.2, 0.25) is 0 Å². The number of aliphatic hydroxyl groups is 1. The molecule has 0 aliphatic rings. The topological polar surface area (TPSA) is 32.3 Å². The van der Waals surface area contributed by atoms with Crippen molar-refractivity contribution in [1.29, 1.82) is 0 Å². The van der Waals surface area contributed by atoms with Gasteiger partial charge in [-0.25, -0.2) is 0 Å². The molecular formula is C24H25Cl2NOS. The first kappa shape index (κ1) is 22.2. The first-order valence-corrected chi connectivity index (χ1v) is 11.3. The summed E-state index contributed by atoms with van der Waals surface area (Å²) < 4.78 is 0. The average Bonchev–Trinajstić information content (AvgIpc) is 2.74. The molecule has 0 saturated carbocycles. The van der Waals surface area contributed by atoms with Gasteiger partial charge >= 0.3 is 0 Å². The predicted molar refractivity (Wildman–Crippen MR) is 127 cm³/mol. The minimum atomic E-state index is -1.05. The fraction of sp³-hybridized carbons (Fsp3) is 0.250. The summed E-state index contributed by atoms with van der Waals surface area (Å²) in [5.74, 6) is 0.576. The second kappa shape index (κ2) is 10.0. The number of halogens is 2. The quantitative estimate of drug-likeness (QED) is 0.383. The van der Waals surface area contributed by atoms with E-state index in [9.17, 15) is 5.11 Å². The Morgan fingerprint density at radius 3 is 2.24 bits per heavy atom. The maximum absolute atomic E-state index is 11.7. The monoisotopic (exact) mass is 445 g/mol. The van der Waals surface area contributed by atoms with Crippen LogP contribution in [0.1, 0.15) is 18.1 Å². The fourth-order valence-electron chi connectivity index (χ4n) is 3.31. The lowest BCUT2D eigenvalue weighted by molar-refractivity contribution is 0.0784. The third-order valence-corrected chi connectivity index (χ3v) is 7.17. The predicted octanol–water partition coefficient (Wildman–Crippen LogP) is 6.59. The van der Waals surface area contributed by atoms with E-state index in [1.807, 2.05) is 49.5 Å². The molecule has 0 aliphatic heterocycles. The molecule has 0 amide bonds. The largest absolute Gasteiger partial charge is 0.375 e. The molecule has 0 heterocycles. The normalized spacial score (nSPS) is 14.4. The highest BCUT2D eigenvalue weighted by atomic mass is 35.5. The second-order valence-corrected chi connectivity index (χ2v) is 9.17. The summed E-state index contributed by atoms with van der Waals surface area (Å²) in [6.45, 7) is 2.75.